The second-order valence-corrected chi connectivity index (χ2v) is 5.62. The summed E-state index contributed by atoms with van der Waals surface area (Å²) >= 11 is 0. The van der Waals surface area contributed by atoms with Gasteiger partial charge in [0.1, 0.15) is 11.9 Å². The third kappa shape index (κ3) is 3.62. The van der Waals surface area contributed by atoms with E-state index in [9.17, 15) is 0 Å². The predicted octanol–water partition coefficient (Wildman–Crippen LogP) is 1.58. The molecule has 1 atom stereocenters. The molecule has 3 heterocycles. The van der Waals surface area contributed by atoms with Crippen molar-refractivity contribution in [2.45, 2.75) is 13.0 Å². The summed E-state index contributed by atoms with van der Waals surface area (Å²) in [7, 11) is 0. The van der Waals surface area contributed by atoms with Crippen LogP contribution in [0.5, 0.6) is 0 Å². The molecule has 1 N–H and O–H groups in total. The molecule has 0 aromatic carbocycles. The molecule has 0 amide bonds. The van der Waals surface area contributed by atoms with Crippen LogP contribution in [0, 0.1) is 17.2 Å². The predicted molar refractivity (Wildman–Crippen MR) is 84.2 cm³/mol. The largest absolute Gasteiger partial charge is 0.369 e. The maximum Gasteiger partial charge on any atom is 0.143 e. The lowest BCUT2D eigenvalue weighted by Gasteiger charge is -2.16. The molecule has 2 aromatic heterocycles. The molecule has 0 spiro atoms. The Hall–Kier alpha value is -2.39. The number of rotatable bonds is 6. The summed E-state index contributed by atoms with van der Waals surface area (Å²) in [6.07, 6.45) is 6.71. The summed E-state index contributed by atoms with van der Waals surface area (Å²) in [5.41, 5.74) is 0.607. The summed E-state index contributed by atoms with van der Waals surface area (Å²) in [6, 6.07) is 7.71. The molecule has 114 valence electrons. The Bertz CT molecular complexity index is 630. The molecule has 1 saturated heterocycles. The Morgan fingerprint density at radius 2 is 2.27 bits per heavy atom. The molecule has 1 aliphatic heterocycles. The lowest BCUT2D eigenvalue weighted by atomic mass is 10.1. The second kappa shape index (κ2) is 7.05. The van der Waals surface area contributed by atoms with Crippen molar-refractivity contribution in [2.24, 2.45) is 5.92 Å². The molecule has 6 heteroatoms. The van der Waals surface area contributed by atoms with Gasteiger partial charge >= 0.3 is 0 Å². The minimum absolute atomic E-state index is 0.603. The Morgan fingerprint density at radius 3 is 3.09 bits per heavy atom. The van der Waals surface area contributed by atoms with Crippen LogP contribution in [0.2, 0.25) is 0 Å². The van der Waals surface area contributed by atoms with Crippen molar-refractivity contribution in [3.63, 3.8) is 0 Å². The first-order chi connectivity index (χ1) is 10.8. The van der Waals surface area contributed by atoms with Crippen molar-refractivity contribution < 1.29 is 0 Å². The van der Waals surface area contributed by atoms with Gasteiger partial charge < -0.3 is 10.2 Å². The first kappa shape index (κ1) is 14.5. The third-order valence-electron chi connectivity index (χ3n) is 4.06. The Labute approximate surface area is 130 Å². The molecular formula is C16H20N6. The van der Waals surface area contributed by atoms with Crippen LogP contribution >= 0.6 is 0 Å². The van der Waals surface area contributed by atoms with E-state index in [0.29, 0.717) is 17.3 Å². The van der Waals surface area contributed by atoms with E-state index in [1.165, 1.54) is 6.42 Å². The van der Waals surface area contributed by atoms with Gasteiger partial charge in [-0.05, 0) is 37.1 Å². The van der Waals surface area contributed by atoms with Crippen molar-refractivity contribution in [1.29, 1.82) is 5.26 Å². The van der Waals surface area contributed by atoms with Crippen LogP contribution in [0.25, 0.3) is 0 Å². The number of likely N-dealkylation sites (tertiary alicyclic amines) is 1. The Balaban J connectivity index is 1.44. The molecular weight excluding hydrogens is 276 g/mol. The maximum atomic E-state index is 9.07. The fourth-order valence-electron chi connectivity index (χ4n) is 2.84. The van der Waals surface area contributed by atoms with Crippen LogP contribution in [0.3, 0.4) is 0 Å². The molecule has 0 unspecified atom stereocenters. The van der Waals surface area contributed by atoms with Gasteiger partial charge in [0, 0.05) is 38.2 Å². The monoisotopic (exact) mass is 296 g/mol. The summed E-state index contributed by atoms with van der Waals surface area (Å²) in [5.74, 6) is 1.30. The zero-order valence-electron chi connectivity index (χ0n) is 12.5. The van der Waals surface area contributed by atoms with Crippen LogP contribution in [-0.2, 0) is 6.54 Å². The van der Waals surface area contributed by atoms with E-state index >= 15 is 0 Å². The molecule has 22 heavy (non-hydrogen) atoms. The molecule has 3 rings (SSSR count). The zero-order chi connectivity index (χ0) is 15.2. The second-order valence-electron chi connectivity index (χ2n) is 5.62. The van der Waals surface area contributed by atoms with E-state index in [2.05, 4.69) is 26.4 Å². The number of aromatic nitrogens is 3. The highest BCUT2D eigenvalue weighted by molar-refractivity contribution is 5.51. The fourth-order valence-corrected chi connectivity index (χ4v) is 2.84. The highest BCUT2D eigenvalue weighted by atomic mass is 15.3. The van der Waals surface area contributed by atoms with Crippen molar-refractivity contribution >= 4 is 5.82 Å². The van der Waals surface area contributed by atoms with Gasteiger partial charge in [0.15, 0.2) is 0 Å². The van der Waals surface area contributed by atoms with Crippen LogP contribution in [0.15, 0.2) is 36.8 Å². The van der Waals surface area contributed by atoms with E-state index < -0.39 is 0 Å². The van der Waals surface area contributed by atoms with Gasteiger partial charge in [-0.3, -0.25) is 4.68 Å². The standard InChI is InChI=1S/C16H20N6/c17-11-15-3-1-5-18-16(15)19-12-14-4-8-21(13-14)9-10-22-7-2-6-20-22/h1-3,5-7,14H,4,8-10,12-13H2,(H,18,19)/t14-/m0/s1. The number of nitrogens with zero attached hydrogens (tertiary/aromatic N) is 5. The number of hydrogen-bond acceptors (Lipinski definition) is 5. The number of pyridine rings is 1. The fraction of sp³-hybridized carbons (Fsp3) is 0.438. The number of nitriles is 1. The van der Waals surface area contributed by atoms with E-state index in [-0.39, 0.29) is 0 Å². The molecule has 0 bridgehead atoms. The number of hydrogen-bond donors (Lipinski definition) is 1. The quantitative estimate of drug-likeness (QED) is 0.876. The van der Waals surface area contributed by atoms with Crippen molar-refractivity contribution in [1.82, 2.24) is 19.7 Å². The first-order valence-electron chi connectivity index (χ1n) is 7.64. The van der Waals surface area contributed by atoms with Crippen LogP contribution in [0.1, 0.15) is 12.0 Å². The van der Waals surface area contributed by atoms with E-state index in [1.807, 2.05) is 23.1 Å². The van der Waals surface area contributed by atoms with Gasteiger partial charge in [-0.2, -0.15) is 10.4 Å². The third-order valence-corrected chi connectivity index (χ3v) is 4.06. The molecule has 0 radical (unpaired) electrons. The van der Waals surface area contributed by atoms with Gasteiger partial charge in [0.2, 0.25) is 0 Å². The molecule has 0 aliphatic carbocycles. The average molecular weight is 296 g/mol. The lowest BCUT2D eigenvalue weighted by Crippen LogP contribution is -2.27. The molecule has 1 fully saturated rings. The summed E-state index contributed by atoms with van der Waals surface area (Å²) in [4.78, 5) is 6.71. The number of nitrogens with one attached hydrogen (secondary N) is 1. The molecule has 0 saturated carbocycles. The highest BCUT2D eigenvalue weighted by Crippen LogP contribution is 2.18. The van der Waals surface area contributed by atoms with Crippen LogP contribution in [-0.4, -0.2) is 45.8 Å². The van der Waals surface area contributed by atoms with E-state index in [0.717, 1.165) is 32.7 Å². The van der Waals surface area contributed by atoms with E-state index in [4.69, 9.17) is 5.26 Å². The SMILES string of the molecule is N#Cc1cccnc1NC[C@@H]1CCN(CCn2cccn2)C1. The van der Waals surface area contributed by atoms with Crippen LogP contribution in [0.4, 0.5) is 5.82 Å². The van der Waals surface area contributed by atoms with Gasteiger partial charge in [-0.1, -0.05) is 0 Å². The molecule has 6 nitrogen and oxygen atoms in total. The van der Waals surface area contributed by atoms with Gasteiger partial charge in [-0.25, -0.2) is 4.98 Å². The summed E-state index contributed by atoms with van der Waals surface area (Å²) < 4.78 is 1.97. The lowest BCUT2D eigenvalue weighted by molar-refractivity contribution is 0.305. The van der Waals surface area contributed by atoms with Gasteiger partial charge in [0.25, 0.3) is 0 Å². The zero-order valence-corrected chi connectivity index (χ0v) is 12.5. The minimum Gasteiger partial charge on any atom is -0.369 e. The topological polar surface area (TPSA) is 69.8 Å². The minimum atomic E-state index is 0.603. The van der Waals surface area contributed by atoms with E-state index in [1.54, 1.807) is 18.3 Å². The Kier molecular flexibility index (Phi) is 4.66. The van der Waals surface area contributed by atoms with Gasteiger partial charge in [0.05, 0.1) is 12.1 Å². The van der Waals surface area contributed by atoms with Crippen LogP contribution < -0.4 is 5.32 Å². The smallest absolute Gasteiger partial charge is 0.143 e. The molecule has 1 aliphatic rings. The summed E-state index contributed by atoms with van der Waals surface area (Å²) in [6.45, 7) is 5.05. The Morgan fingerprint density at radius 1 is 1.32 bits per heavy atom. The number of anilines is 1. The normalized spacial score (nSPS) is 18.2. The molecule has 2 aromatic rings. The highest BCUT2D eigenvalue weighted by Gasteiger charge is 2.22. The first-order valence-corrected chi connectivity index (χ1v) is 7.64. The average Bonchev–Trinajstić information content (AvgIpc) is 3.22. The van der Waals surface area contributed by atoms with Crippen molar-refractivity contribution in [3.05, 3.63) is 42.4 Å². The maximum absolute atomic E-state index is 9.07. The van der Waals surface area contributed by atoms with Crippen molar-refractivity contribution in [3.8, 4) is 6.07 Å². The van der Waals surface area contributed by atoms with Gasteiger partial charge in [-0.15, -0.1) is 0 Å². The van der Waals surface area contributed by atoms with Crippen molar-refractivity contribution in [2.75, 3.05) is 31.5 Å². The summed E-state index contributed by atoms with van der Waals surface area (Å²) in [5, 5.41) is 16.6.